The first kappa shape index (κ1) is 19.1. The minimum atomic E-state index is -3.48. The summed E-state index contributed by atoms with van der Waals surface area (Å²) in [6.07, 6.45) is 3.43. The standard InChI is InChI=1S/C19H18ClN3O3S/c1-2-27(25,26)18-6-4-3-5-17(18)19(24)21-11-14-12-22-23(13-14)16-9-7-15(20)8-10-16/h3-10,12-13H,2,11H2,1H3,(H,21,24). The largest absolute Gasteiger partial charge is 0.348 e. The van der Waals surface area contributed by atoms with Crippen LogP contribution in [0, 0.1) is 0 Å². The highest BCUT2D eigenvalue weighted by atomic mass is 35.5. The molecule has 1 N–H and O–H groups in total. The van der Waals surface area contributed by atoms with Crippen LogP contribution in [0.4, 0.5) is 0 Å². The Bertz CT molecular complexity index is 1060. The minimum Gasteiger partial charge on any atom is -0.348 e. The molecule has 0 atom stereocenters. The van der Waals surface area contributed by atoms with E-state index in [-0.39, 0.29) is 22.8 Å². The molecule has 3 rings (SSSR count). The van der Waals surface area contributed by atoms with E-state index in [9.17, 15) is 13.2 Å². The van der Waals surface area contributed by atoms with Crippen molar-refractivity contribution in [1.82, 2.24) is 15.1 Å². The van der Waals surface area contributed by atoms with Gasteiger partial charge in [-0.1, -0.05) is 30.7 Å². The minimum absolute atomic E-state index is 0.0434. The maximum atomic E-state index is 12.5. The van der Waals surface area contributed by atoms with E-state index >= 15 is 0 Å². The van der Waals surface area contributed by atoms with Gasteiger partial charge in [-0.15, -0.1) is 0 Å². The Hall–Kier alpha value is -2.64. The number of benzene rings is 2. The normalized spacial score (nSPS) is 11.3. The maximum absolute atomic E-state index is 12.5. The molecule has 1 aromatic heterocycles. The highest BCUT2D eigenvalue weighted by Gasteiger charge is 2.20. The third kappa shape index (κ3) is 4.37. The summed E-state index contributed by atoms with van der Waals surface area (Å²) < 4.78 is 26.0. The first-order valence-electron chi connectivity index (χ1n) is 8.30. The molecular weight excluding hydrogens is 386 g/mol. The van der Waals surface area contributed by atoms with Gasteiger partial charge in [0.25, 0.3) is 5.91 Å². The molecule has 0 spiro atoms. The SMILES string of the molecule is CCS(=O)(=O)c1ccccc1C(=O)NCc1cnn(-c2ccc(Cl)cc2)c1. The number of carbonyl (C=O) groups excluding carboxylic acids is 1. The molecule has 0 radical (unpaired) electrons. The zero-order valence-electron chi connectivity index (χ0n) is 14.6. The summed E-state index contributed by atoms with van der Waals surface area (Å²) in [7, 11) is -3.48. The lowest BCUT2D eigenvalue weighted by molar-refractivity contribution is 0.0947. The number of aromatic nitrogens is 2. The Balaban J connectivity index is 1.73. The number of sulfone groups is 1. The van der Waals surface area contributed by atoms with E-state index in [2.05, 4.69) is 10.4 Å². The van der Waals surface area contributed by atoms with Crippen molar-refractivity contribution in [3.8, 4) is 5.69 Å². The second-order valence-electron chi connectivity index (χ2n) is 5.85. The van der Waals surface area contributed by atoms with Crippen molar-refractivity contribution in [2.75, 3.05) is 5.75 Å². The molecule has 0 aliphatic carbocycles. The second kappa shape index (κ2) is 7.94. The number of hydrogen-bond donors (Lipinski definition) is 1. The molecule has 6 nitrogen and oxygen atoms in total. The van der Waals surface area contributed by atoms with Gasteiger partial charge in [0.2, 0.25) is 0 Å². The third-order valence-corrected chi connectivity index (χ3v) is 6.07. The van der Waals surface area contributed by atoms with Gasteiger partial charge in [0.15, 0.2) is 9.84 Å². The predicted molar refractivity (Wildman–Crippen MR) is 104 cm³/mol. The molecule has 1 heterocycles. The summed E-state index contributed by atoms with van der Waals surface area (Å²) in [5.74, 6) is -0.507. The molecule has 3 aromatic rings. The van der Waals surface area contributed by atoms with Crippen LogP contribution < -0.4 is 5.32 Å². The van der Waals surface area contributed by atoms with Gasteiger partial charge in [-0.3, -0.25) is 4.79 Å². The van der Waals surface area contributed by atoms with Gasteiger partial charge in [-0.25, -0.2) is 13.1 Å². The summed E-state index contributed by atoms with van der Waals surface area (Å²) in [6, 6.07) is 13.4. The fraction of sp³-hybridized carbons (Fsp3) is 0.158. The number of nitrogens with zero attached hydrogens (tertiary/aromatic N) is 2. The monoisotopic (exact) mass is 403 g/mol. The van der Waals surface area contributed by atoms with E-state index in [1.165, 1.54) is 12.1 Å². The van der Waals surface area contributed by atoms with Crippen molar-refractivity contribution in [3.05, 3.63) is 77.1 Å². The highest BCUT2D eigenvalue weighted by molar-refractivity contribution is 7.91. The van der Waals surface area contributed by atoms with Crippen LogP contribution in [0.1, 0.15) is 22.8 Å². The molecule has 140 valence electrons. The quantitative estimate of drug-likeness (QED) is 0.685. The number of amides is 1. The van der Waals surface area contributed by atoms with Crippen molar-refractivity contribution < 1.29 is 13.2 Å². The van der Waals surface area contributed by atoms with Crippen LogP contribution >= 0.6 is 11.6 Å². The van der Waals surface area contributed by atoms with Crippen LogP contribution in [0.15, 0.2) is 65.8 Å². The number of hydrogen-bond acceptors (Lipinski definition) is 4. The van der Waals surface area contributed by atoms with E-state index in [0.717, 1.165) is 11.3 Å². The molecule has 8 heteroatoms. The van der Waals surface area contributed by atoms with Crippen LogP contribution in [0.25, 0.3) is 5.69 Å². The smallest absolute Gasteiger partial charge is 0.252 e. The summed E-state index contributed by atoms with van der Waals surface area (Å²) in [4.78, 5) is 12.5. The number of rotatable bonds is 6. The van der Waals surface area contributed by atoms with Gasteiger partial charge in [0.1, 0.15) is 0 Å². The molecule has 1 amide bonds. The first-order chi connectivity index (χ1) is 12.9. The Morgan fingerprint density at radius 3 is 2.56 bits per heavy atom. The lowest BCUT2D eigenvalue weighted by atomic mass is 10.2. The third-order valence-electron chi connectivity index (χ3n) is 4.03. The lowest BCUT2D eigenvalue weighted by Crippen LogP contribution is -2.25. The van der Waals surface area contributed by atoms with Crippen molar-refractivity contribution >= 4 is 27.3 Å². The molecule has 0 saturated heterocycles. The van der Waals surface area contributed by atoms with Crippen LogP contribution in [0.5, 0.6) is 0 Å². The average molecular weight is 404 g/mol. The molecule has 0 aliphatic heterocycles. The van der Waals surface area contributed by atoms with Gasteiger partial charge < -0.3 is 5.32 Å². The second-order valence-corrected chi connectivity index (χ2v) is 8.53. The Labute approximate surface area is 162 Å². The molecule has 27 heavy (non-hydrogen) atoms. The van der Waals surface area contributed by atoms with Gasteiger partial charge in [0.05, 0.1) is 28.1 Å². The van der Waals surface area contributed by atoms with Gasteiger partial charge in [-0.05, 0) is 36.4 Å². The van der Waals surface area contributed by atoms with Crippen molar-refractivity contribution in [2.24, 2.45) is 0 Å². The van der Waals surface area contributed by atoms with Crippen LogP contribution in [-0.4, -0.2) is 29.9 Å². The summed E-state index contributed by atoms with van der Waals surface area (Å²) in [6.45, 7) is 1.78. The van der Waals surface area contributed by atoms with E-state index in [1.54, 1.807) is 48.3 Å². The predicted octanol–water partition coefficient (Wildman–Crippen LogP) is 3.25. The zero-order valence-corrected chi connectivity index (χ0v) is 16.2. The van der Waals surface area contributed by atoms with Gasteiger partial charge >= 0.3 is 0 Å². The van der Waals surface area contributed by atoms with Gasteiger partial charge in [0, 0.05) is 23.3 Å². The molecule has 0 bridgehead atoms. The summed E-state index contributed by atoms with van der Waals surface area (Å²) in [5, 5.41) is 7.65. The van der Waals surface area contributed by atoms with E-state index in [1.807, 2.05) is 12.1 Å². The molecule has 0 aliphatic rings. The van der Waals surface area contributed by atoms with Crippen molar-refractivity contribution in [2.45, 2.75) is 18.4 Å². The first-order valence-corrected chi connectivity index (χ1v) is 10.3. The van der Waals surface area contributed by atoms with E-state index in [4.69, 9.17) is 11.6 Å². The van der Waals surface area contributed by atoms with Crippen LogP contribution in [0.3, 0.4) is 0 Å². The average Bonchev–Trinajstić information content (AvgIpc) is 3.15. The summed E-state index contributed by atoms with van der Waals surface area (Å²) >= 11 is 5.88. The molecular formula is C19H18ClN3O3S. The fourth-order valence-corrected chi connectivity index (χ4v) is 3.76. The number of halogens is 1. The Morgan fingerprint density at radius 1 is 1.15 bits per heavy atom. The Morgan fingerprint density at radius 2 is 1.85 bits per heavy atom. The maximum Gasteiger partial charge on any atom is 0.252 e. The molecule has 0 saturated carbocycles. The fourth-order valence-electron chi connectivity index (χ4n) is 2.54. The van der Waals surface area contributed by atoms with Crippen molar-refractivity contribution in [3.63, 3.8) is 0 Å². The number of nitrogens with one attached hydrogen (secondary N) is 1. The van der Waals surface area contributed by atoms with E-state index < -0.39 is 15.7 Å². The zero-order chi connectivity index (χ0) is 19.4. The van der Waals surface area contributed by atoms with Crippen LogP contribution in [-0.2, 0) is 16.4 Å². The van der Waals surface area contributed by atoms with Gasteiger partial charge in [-0.2, -0.15) is 5.10 Å². The van der Waals surface area contributed by atoms with E-state index in [0.29, 0.717) is 5.02 Å². The lowest BCUT2D eigenvalue weighted by Gasteiger charge is -2.09. The molecule has 2 aromatic carbocycles. The Kier molecular flexibility index (Phi) is 5.62. The summed E-state index contributed by atoms with van der Waals surface area (Å²) in [5.41, 5.74) is 1.77. The van der Waals surface area contributed by atoms with Crippen molar-refractivity contribution in [1.29, 1.82) is 0 Å². The topological polar surface area (TPSA) is 81.1 Å². The molecule has 0 fully saturated rings. The number of carbonyl (C=O) groups is 1. The van der Waals surface area contributed by atoms with Crippen LogP contribution in [0.2, 0.25) is 5.02 Å². The highest BCUT2D eigenvalue weighted by Crippen LogP contribution is 2.17. The molecule has 0 unspecified atom stereocenters.